The van der Waals surface area contributed by atoms with Crippen LogP contribution in [0.5, 0.6) is 0 Å². The van der Waals surface area contributed by atoms with Gasteiger partial charge < -0.3 is 0 Å². The summed E-state index contributed by atoms with van der Waals surface area (Å²) in [6.07, 6.45) is 1.58. The van der Waals surface area contributed by atoms with Gasteiger partial charge in [0.25, 0.3) is 0 Å². The van der Waals surface area contributed by atoms with Crippen molar-refractivity contribution in [2.75, 3.05) is 0 Å². The minimum atomic E-state index is -3.45. The molecular formula is C12H14FN3O2S. The lowest BCUT2D eigenvalue weighted by Gasteiger charge is -2.06. The van der Waals surface area contributed by atoms with Crippen molar-refractivity contribution in [3.63, 3.8) is 0 Å². The quantitative estimate of drug-likeness (QED) is 0.872. The van der Waals surface area contributed by atoms with Crippen LogP contribution in [-0.2, 0) is 22.3 Å². The van der Waals surface area contributed by atoms with Gasteiger partial charge in [0.2, 0.25) is 10.0 Å². The van der Waals surface area contributed by atoms with Crippen molar-refractivity contribution in [3.8, 4) is 0 Å². The number of rotatable bonds is 5. The predicted octanol–water partition coefficient (Wildman–Crippen LogP) is 1.48. The van der Waals surface area contributed by atoms with Crippen LogP contribution in [0.15, 0.2) is 30.5 Å². The van der Waals surface area contributed by atoms with Crippen molar-refractivity contribution < 1.29 is 12.8 Å². The van der Waals surface area contributed by atoms with Crippen molar-refractivity contribution in [1.29, 1.82) is 0 Å². The van der Waals surface area contributed by atoms with Gasteiger partial charge in [0.05, 0.1) is 11.9 Å². The maximum Gasteiger partial charge on any atom is 0.216 e. The molecule has 0 unspecified atom stereocenters. The van der Waals surface area contributed by atoms with Crippen LogP contribution in [-0.4, -0.2) is 18.6 Å². The summed E-state index contributed by atoms with van der Waals surface area (Å²) in [7, 11) is -3.45. The van der Waals surface area contributed by atoms with Gasteiger partial charge in [-0.05, 0) is 24.6 Å². The molecule has 7 heteroatoms. The molecule has 2 N–H and O–H groups in total. The van der Waals surface area contributed by atoms with Gasteiger partial charge in [-0.15, -0.1) is 0 Å². The molecule has 5 nitrogen and oxygen atoms in total. The molecule has 102 valence electrons. The van der Waals surface area contributed by atoms with E-state index in [0.29, 0.717) is 5.56 Å². The minimum absolute atomic E-state index is 0.176. The number of aryl methyl sites for hydroxylation is 1. The molecule has 0 aliphatic carbocycles. The average Bonchev–Trinajstić information content (AvgIpc) is 2.75. The molecule has 0 saturated carbocycles. The summed E-state index contributed by atoms with van der Waals surface area (Å²) in [5, 5.41) is 6.55. The number of hydrogen-bond acceptors (Lipinski definition) is 3. The molecule has 0 aliphatic heterocycles. The Morgan fingerprint density at radius 1 is 1.32 bits per heavy atom. The second kappa shape index (κ2) is 5.50. The maximum atomic E-state index is 12.7. The molecule has 1 aromatic carbocycles. The van der Waals surface area contributed by atoms with Gasteiger partial charge >= 0.3 is 0 Å². The third-order valence-corrected chi connectivity index (χ3v) is 3.98. The molecule has 0 atom stereocenters. The van der Waals surface area contributed by atoms with E-state index >= 15 is 0 Å². The molecule has 0 aliphatic rings. The zero-order valence-electron chi connectivity index (χ0n) is 10.4. The number of sulfonamides is 1. The first-order chi connectivity index (χ1) is 8.96. The van der Waals surface area contributed by atoms with Crippen molar-refractivity contribution >= 4 is 10.0 Å². The smallest absolute Gasteiger partial charge is 0.216 e. The largest absolute Gasteiger partial charge is 0.283 e. The van der Waals surface area contributed by atoms with E-state index in [9.17, 15) is 12.8 Å². The van der Waals surface area contributed by atoms with E-state index in [2.05, 4.69) is 14.9 Å². The summed E-state index contributed by atoms with van der Waals surface area (Å²) in [6.45, 7) is 2.00. The highest BCUT2D eigenvalue weighted by molar-refractivity contribution is 7.88. The number of nitrogens with one attached hydrogen (secondary N) is 2. The number of aromatic amines is 1. The fraction of sp³-hybridized carbons (Fsp3) is 0.250. The number of halogens is 1. The monoisotopic (exact) mass is 283 g/mol. The minimum Gasteiger partial charge on any atom is -0.283 e. The fourth-order valence-corrected chi connectivity index (χ4v) is 2.70. The van der Waals surface area contributed by atoms with Crippen LogP contribution in [0.3, 0.4) is 0 Å². The van der Waals surface area contributed by atoms with Crippen molar-refractivity contribution in [1.82, 2.24) is 14.9 Å². The van der Waals surface area contributed by atoms with Crippen LogP contribution < -0.4 is 4.72 Å². The zero-order chi connectivity index (χ0) is 13.9. The van der Waals surface area contributed by atoms with E-state index in [0.717, 1.165) is 11.3 Å². The van der Waals surface area contributed by atoms with Gasteiger partial charge in [-0.2, -0.15) is 5.10 Å². The van der Waals surface area contributed by atoms with Crippen LogP contribution in [0.1, 0.15) is 16.8 Å². The second-order valence-electron chi connectivity index (χ2n) is 4.23. The van der Waals surface area contributed by atoms with Gasteiger partial charge in [-0.3, -0.25) is 5.10 Å². The molecule has 2 aromatic rings. The van der Waals surface area contributed by atoms with E-state index in [1.807, 2.05) is 6.92 Å². The van der Waals surface area contributed by atoms with Gasteiger partial charge in [0.1, 0.15) is 5.82 Å². The standard InChI is InChI=1S/C12H14FN3O2S/c1-9-11(6-14-16-9)7-15-19(17,18)8-10-2-4-12(13)5-3-10/h2-6,15H,7-8H2,1H3,(H,14,16). The maximum absolute atomic E-state index is 12.7. The normalized spacial score (nSPS) is 11.7. The van der Waals surface area contributed by atoms with E-state index in [1.54, 1.807) is 6.20 Å². The SMILES string of the molecule is Cc1[nH]ncc1CNS(=O)(=O)Cc1ccc(F)cc1. The van der Waals surface area contributed by atoms with Gasteiger partial charge in [-0.25, -0.2) is 17.5 Å². The van der Waals surface area contributed by atoms with E-state index in [-0.39, 0.29) is 18.1 Å². The molecule has 19 heavy (non-hydrogen) atoms. The Morgan fingerprint density at radius 3 is 2.58 bits per heavy atom. The second-order valence-corrected chi connectivity index (χ2v) is 6.03. The number of benzene rings is 1. The number of nitrogens with zero attached hydrogens (tertiary/aromatic N) is 1. The summed E-state index contributed by atoms with van der Waals surface area (Å²) >= 11 is 0. The van der Waals surface area contributed by atoms with Crippen molar-refractivity contribution in [3.05, 3.63) is 53.1 Å². The summed E-state index contributed by atoms with van der Waals surface area (Å²) in [6, 6.07) is 5.39. The first kappa shape index (κ1) is 13.7. The van der Waals surface area contributed by atoms with Crippen LogP contribution in [0.25, 0.3) is 0 Å². The Bertz CT molecular complexity index is 650. The average molecular weight is 283 g/mol. The highest BCUT2D eigenvalue weighted by Crippen LogP contribution is 2.08. The Morgan fingerprint density at radius 2 is 2.00 bits per heavy atom. The summed E-state index contributed by atoms with van der Waals surface area (Å²) in [4.78, 5) is 0. The lowest BCUT2D eigenvalue weighted by atomic mass is 10.2. The van der Waals surface area contributed by atoms with Gasteiger partial charge in [0, 0.05) is 17.8 Å². The highest BCUT2D eigenvalue weighted by Gasteiger charge is 2.12. The molecule has 0 fully saturated rings. The summed E-state index contributed by atoms with van der Waals surface area (Å²) < 4.78 is 38.9. The first-order valence-electron chi connectivity index (χ1n) is 5.67. The number of hydrogen-bond donors (Lipinski definition) is 2. The first-order valence-corrected chi connectivity index (χ1v) is 7.32. The van der Waals surface area contributed by atoms with Crippen molar-refractivity contribution in [2.45, 2.75) is 19.2 Å². The highest BCUT2D eigenvalue weighted by atomic mass is 32.2. The van der Waals surface area contributed by atoms with E-state index < -0.39 is 10.0 Å². The third-order valence-electron chi connectivity index (χ3n) is 2.69. The molecule has 0 radical (unpaired) electrons. The molecule has 2 rings (SSSR count). The van der Waals surface area contributed by atoms with Gasteiger partial charge in [-0.1, -0.05) is 12.1 Å². The molecule has 1 aromatic heterocycles. The van der Waals surface area contributed by atoms with E-state index in [4.69, 9.17) is 0 Å². The Labute approximate surface area is 110 Å². The van der Waals surface area contributed by atoms with Gasteiger partial charge in [0.15, 0.2) is 0 Å². The number of H-pyrrole nitrogens is 1. The van der Waals surface area contributed by atoms with E-state index in [1.165, 1.54) is 24.3 Å². The van der Waals surface area contributed by atoms with Crippen LogP contribution in [0.2, 0.25) is 0 Å². The Hall–Kier alpha value is -1.73. The molecule has 0 spiro atoms. The summed E-state index contributed by atoms with van der Waals surface area (Å²) in [5.41, 5.74) is 2.16. The van der Waals surface area contributed by atoms with Crippen LogP contribution >= 0.6 is 0 Å². The number of aromatic nitrogens is 2. The summed E-state index contributed by atoms with van der Waals surface area (Å²) in [5.74, 6) is -0.562. The lowest BCUT2D eigenvalue weighted by molar-refractivity contribution is 0.580. The van der Waals surface area contributed by atoms with Crippen molar-refractivity contribution in [2.24, 2.45) is 0 Å². The Kier molecular flexibility index (Phi) is 3.96. The lowest BCUT2D eigenvalue weighted by Crippen LogP contribution is -2.24. The Balaban J connectivity index is 1.99. The predicted molar refractivity (Wildman–Crippen MR) is 69.2 cm³/mol. The molecule has 0 amide bonds. The third kappa shape index (κ3) is 3.87. The molecule has 0 saturated heterocycles. The molecule has 0 bridgehead atoms. The fourth-order valence-electron chi connectivity index (χ4n) is 1.59. The van der Waals surface area contributed by atoms with Crippen LogP contribution in [0.4, 0.5) is 4.39 Å². The molecular weight excluding hydrogens is 269 g/mol. The topological polar surface area (TPSA) is 74.8 Å². The molecule has 1 heterocycles. The van der Waals surface area contributed by atoms with Crippen LogP contribution in [0, 0.1) is 12.7 Å². The zero-order valence-corrected chi connectivity index (χ0v) is 11.2.